The van der Waals surface area contributed by atoms with Gasteiger partial charge in [-0.25, -0.2) is 0 Å². The van der Waals surface area contributed by atoms with Gasteiger partial charge in [0.05, 0.1) is 0 Å². The molecule has 0 nitrogen and oxygen atoms in total. The molecule has 0 saturated heterocycles. The monoisotopic (exact) mass is 139 g/mol. The third kappa shape index (κ3) is 4.60. The van der Waals surface area contributed by atoms with Gasteiger partial charge in [-0.05, 0) is 32.1 Å². The Balaban J connectivity index is 3.48. The zero-order valence-corrected chi connectivity index (χ0v) is 7.27. The molecule has 0 rings (SSSR count). The van der Waals surface area contributed by atoms with Crippen LogP contribution in [0.3, 0.4) is 0 Å². The summed E-state index contributed by atoms with van der Waals surface area (Å²) in [6.45, 7) is 8.25. The first-order valence-corrected chi connectivity index (χ1v) is 4.31. The van der Waals surface area contributed by atoms with Crippen LogP contribution in [0.2, 0.25) is 0 Å². The highest BCUT2D eigenvalue weighted by atomic mass is 14.0. The fourth-order valence-electron chi connectivity index (χ4n) is 1.10. The molecule has 1 atom stereocenters. The van der Waals surface area contributed by atoms with Crippen molar-refractivity contribution in [1.29, 1.82) is 0 Å². The van der Waals surface area contributed by atoms with Gasteiger partial charge >= 0.3 is 0 Å². The normalized spacial score (nSPS) is 14.3. The Morgan fingerprint density at radius 1 is 1.40 bits per heavy atom. The number of allylic oxidation sites excluding steroid dienone is 2. The van der Waals surface area contributed by atoms with E-state index >= 15 is 0 Å². The molecule has 0 N–H and O–H groups in total. The fraction of sp³-hybridized carbons (Fsp3) is 0.700. The maximum absolute atomic E-state index is 3.77. The Bertz CT molecular complexity index is 82.0. The van der Waals surface area contributed by atoms with Crippen LogP contribution in [0.25, 0.3) is 0 Å². The second-order valence-electron chi connectivity index (χ2n) is 2.67. The first-order valence-electron chi connectivity index (χ1n) is 4.31. The summed E-state index contributed by atoms with van der Waals surface area (Å²) >= 11 is 0. The Morgan fingerprint density at radius 3 is 2.50 bits per heavy atom. The topological polar surface area (TPSA) is 0 Å². The quantitative estimate of drug-likeness (QED) is 0.510. The minimum Gasteiger partial charge on any atom is -0.0883 e. The smallest absolute Gasteiger partial charge is 0.0236 e. The Hall–Kier alpha value is -0.260. The summed E-state index contributed by atoms with van der Waals surface area (Å²) in [5.41, 5.74) is 0. The van der Waals surface area contributed by atoms with Gasteiger partial charge in [0.15, 0.2) is 0 Å². The lowest BCUT2D eigenvalue weighted by molar-refractivity contribution is 0.562. The average Bonchev–Trinajstić information content (AvgIpc) is 1.98. The van der Waals surface area contributed by atoms with Gasteiger partial charge in [-0.15, -0.1) is 0 Å². The highest BCUT2D eigenvalue weighted by Crippen LogP contribution is 2.11. The van der Waals surface area contributed by atoms with E-state index in [1.54, 1.807) is 0 Å². The van der Waals surface area contributed by atoms with Gasteiger partial charge in [-0.2, -0.15) is 0 Å². The fourth-order valence-corrected chi connectivity index (χ4v) is 1.10. The van der Waals surface area contributed by atoms with E-state index in [4.69, 9.17) is 0 Å². The molecule has 0 heteroatoms. The van der Waals surface area contributed by atoms with Crippen molar-refractivity contribution in [3.8, 4) is 0 Å². The van der Waals surface area contributed by atoms with Crippen molar-refractivity contribution in [3.63, 3.8) is 0 Å². The minimum atomic E-state index is 0.798. The van der Waals surface area contributed by atoms with E-state index < -0.39 is 0 Å². The van der Waals surface area contributed by atoms with E-state index in [1.807, 2.05) is 0 Å². The molecular formula is C10H19. The summed E-state index contributed by atoms with van der Waals surface area (Å²) < 4.78 is 0. The molecule has 0 aromatic carbocycles. The number of hydrogen-bond acceptors (Lipinski definition) is 0. The standard InChI is InChI=1S/C10H19/c1-4-7-9-10(6-3)8-5-2/h7,9-10H,1,4-6,8H2,2-3H3/b9-7+. The molecule has 0 fully saturated rings. The van der Waals surface area contributed by atoms with Crippen molar-refractivity contribution in [1.82, 2.24) is 0 Å². The molecule has 1 unspecified atom stereocenters. The van der Waals surface area contributed by atoms with Crippen molar-refractivity contribution in [2.45, 2.75) is 39.5 Å². The zero-order valence-electron chi connectivity index (χ0n) is 7.27. The SMILES string of the molecule is [CH2]C/C=C/C(CC)CCC. The largest absolute Gasteiger partial charge is 0.0883 e. The lowest BCUT2D eigenvalue weighted by Crippen LogP contribution is -1.92. The summed E-state index contributed by atoms with van der Waals surface area (Å²) in [5.74, 6) is 0.798. The number of hydrogen-bond donors (Lipinski definition) is 0. The lowest BCUT2D eigenvalue weighted by atomic mass is 10.0. The number of rotatable bonds is 5. The van der Waals surface area contributed by atoms with Gasteiger partial charge in [0.25, 0.3) is 0 Å². The maximum atomic E-state index is 3.77. The molecule has 0 aliphatic carbocycles. The van der Waals surface area contributed by atoms with E-state index in [1.165, 1.54) is 19.3 Å². The lowest BCUT2D eigenvalue weighted by Gasteiger charge is -2.06. The highest BCUT2D eigenvalue weighted by Gasteiger charge is 1.97. The van der Waals surface area contributed by atoms with E-state index in [9.17, 15) is 0 Å². The van der Waals surface area contributed by atoms with Gasteiger partial charge in [-0.1, -0.05) is 32.4 Å². The van der Waals surface area contributed by atoms with Gasteiger partial charge in [0, 0.05) is 0 Å². The van der Waals surface area contributed by atoms with Crippen LogP contribution in [-0.4, -0.2) is 0 Å². The Labute approximate surface area is 65.3 Å². The molecule has 0 aromatic heterocycles. The van der Waals surface area contributed by atoms with Crippen molar-refractivity contribution in [3.05, 3.63) is 19.1 Å². The first-order chi connectivity index (χ1) is 4.85. The van der Waals surface area contributed by atoms with E-state index in [-0.39, 0.29) is 0 Å². The third-order valence-corrected chi connectivity index (χ3v) is 1.76. The molecule has 0 aromatic rings. The molecule has 0 saturated carbocycles. The van der Waals surface area contributed by atoms with Crippen LogP contribution < -0.4 is 0 Å². The summed E-state index contributed by atoms with van der Waals surface area (Å²) in [6, 6.07) is 0. The third-order valence-electron chi connectivity index (χ3n) is 1.76. The Morgan fingerprint density at radius 2 is 2.10 bits per heavy atom. The van der Waals surface area contributed by atoms with Gasteiger partial charge in [-0.3, -0.25) is 0 Å². The molecule has 10 heavy (non-hydrogen) atoms. The summed E-state index contributed by atoms with van der Waals surface area (Å²) in [6.07, 6.45) is 9.29. The van der Waals surface area contributed by atoms with Crippen LogP contribution in [0, 0.1) is 12.8 Å². The van der Waals surface area contributed by atoms with Crippen molar-refractivity contribution in [2.24, 2.45) is 5.92 Å². The average molecular weight is 139 g/mol. The molecule has 0 spiro atoms. The second-order valence-corrected chi connectivity index (χ2v) is 2.67. The van der Waals surface area contributed by atoms with Crippen LogP contribution in [-0.2, 0) is 0 Å². The van der Waals surface area contributed by atoms with Gasteiger partial charge in [0.1, 0.15) is 0 Å². The summed E-state index contributed by atoms with van der Waals surface area (Å²) in [4.78, 5) is 0. The predicted molar refractivity (Wildman–Crippen MR) is 47.8 cm³/mol. The molecule has 0 aliphatic heterocycles. The second kappa shape index (κ2) is 6.85. The molecule has 0 amide bonds. The van der Waals surface area contributed by atoms with Crippen molar-refractivity contribution in [2.75, 3.05) is 0 Å². The summed E-state index contributed by atoms with van der Waals surface area (Å²) in [5, 5.41) is 0. The molecular weight excluding hydrogens is 120 g/mol. The zero-order chi connectivity index (χ0) is 7.82. The first kappa shape index (κ1) is 9.74. The van der Waals surface area contributed by atoms with Crippen LogP contribution >= 0.6 is 0 Å². The highest BCUT2D eigenvalue weighted by molar-refractivity contribution is 4.87. The van der Waals surface area contributed by atoms with Crippen LogP contribution in [0.5, 0.6) is 0 Å². The van der Waals surface area contributed by atoms with Crippen LogP contribution in [0.4, 0.5) is 0 Å². The molecule has 1 radical (unpaired) electrons. The molecule has 0 aliphatic rings. The van der Waals surface area contributed by atoms with Crippen LogP contribution in [0.15, 0.2) is 12.2 Å². The molecule has 0 heterocycles. The maximum Gasteiger partial charge on any atom is -0.0236 e. The van der Waals surface area contributed by atoms with Crippen LogP contribution in [0.1, 0.15) is 39.5 Å². The van der Waals surface area contributed by atoms with E-state index in [0.717, 1.165) is 12.3 Å². The molecule has 0 bridgehead atoms. The predicted octanol–water partition coefficient (Wildman–Crippen LogP) is 3.59. The Kier molecular flexibility index (Phi) is 6.68. The van der Waals surface area contributed by atoms with E-state index in [0.29, 0.717) is 0 Å². The van der Waals surface area contributed by atoms with Gasteiger partial charge < -0.3 is 0 Å². The van der Waals surface area contributed by atoms with Crippen molar-refractivity contribution >= 4 is 0 Å². The summed E-state index contributed by atoms with van der Waals surface area (Å²) in [7, 11) is 0. The minimum absolute atomic E-state index is 0.798. The van der Waals surface area contributed by atoms with Crippen molar-refractivity contribution < 1.29 is 0 Å². The van der Waals surface area contributed by atoms with Gasteiger partial charge in [0.2, 0.25) is 0 Å². The molecule has 59 valence electrons. The van der Waals surface area contributed by atoms with E-state index in [2.05, 4.69) is 32.9 Å².